The summed E-state index contributed by atoms with van der Waals surface area (Å²) in [6, 6.07) is 22.9. The first-order valence-electron chi connectivity index (χ1n) is 14.7. The quantitative estimate of drug-likeness (QED) is 0.212. The standard InChI is InChI=1S/C37H42NO2/c1-24-19-25(2)40-23-38-17-16-28(36(3,4)5)21-34(38)31-22-33-32(20-27(31)12-10-18-39-24)30-15-14-26-11-8-9-13-29(26)35(30)37(33,6)7/h8-17,20-22,24-25H,18-19,23H2,1-7H3/q+1/b12-10+. The van der Waals surface area contributed by atoms with E-state index in [0.717, 1.165) is 6.42 Å². The number of fused-ring (bicyclic) bond motifs is 8. The third kappa shape index (κ3) is 4.70. The highest BCUT2D eigenvalue weighted by atomic mass is 16.5. The minimum absolute atomic E-state index is 0.0370. The van der Waals surface area contributed by atoms with Crippen LogP contribution >= 0.6 is 0 Å². The Labute approximate surface area is 239 Å². The van der Waals surface area contributed by atoms with Crippen LogP contribution in [-0.4, -0.2) is 18.8 Å². The van der Waals surface area contributed by atoms with Gasteiger partial charge in [0, 0.05) is 17.5 Å². The molecule has 3 nitrogen and oxygen atoms in total. The molecule has 3 aromatic carbocycles. The summed E-state index contributed by atoms with van der Waals surface area (Å²) in [5, 5.41) is 2.64. The minimum atomic E-state index is -0.124. The van der Waals surface area contributed by atoms with Crippen molar-refractivity contribution in [2.24, 2.45) is 0 Å². The maximum atomic E-state index is 6.39. The van der Waals surface area contributed by atoms with E-state index in [4.69, 9.17) is 9.47 Å². The number of pyridine rings is 1. The molecular formula is C37H42NO2+. The van der Waals surface area contributed by atoms with Gasteiger partial charge < -0.3 is 9.47 Å². The Morgan fingerprint density at radius 3 is 2.42 bits per heavy atom. The van der Waals surface area contributed by atoms with Crippen molar-refractivity contribution < 1.29 is 14.0 Å². The zero-order valence-electron chi connectivity index (χ0n) is 25.0. The number of ether oxygens (including phenoxy) is 2. The van der Waals surface area contributed by atoms with Gasteiger partial charge in [-0.05, 0) is 82.0 Å². The predicted octanol–water partition coefficient (Wildman–Crippen LogP) is 8.58. The summed E-state index contributed by atoms with van der Waals surface area (Å²) in [6.45, 7) is 17.0. The monoisotopic (exact) mass is 532 g/mol. The van der Waals surface area contributed by atoms with E-state index in [2.05, 4.69) is 132 Å². The van der Waals surface area contributed by atoms with Crippen molar-refractivity contribution >= 4 is 16.8 Å². The van der Waals surface area contributed by atoms with E-state index >= 15 is 0 Å². The van der Waals surface area contributed by atoms with Crippen molar-refractivity contribution in [3.8, 4) is 22.4 Å². The fourth-order valence-corrected chi connectivity index (χ4v) is 6.57. The number of hydrogen-bond acceptors (Lipinski definition) is 2. The summed E-state index contributed by atoms with van der Waals surface area (Å²) >= 11 is 0. The van der Waals surface area contributed by atoms with Crippen LogP contribution in [-0.2, 0) is 27.0 Å². The Morgan fingerprint density at radius 2 is 1.62 bits per heavy atom. The summed E-state index contributed by atoms with van der Waals surface area (Å²) < 4.78 is 14.8. The summed E-state index contributed by atoms with van der Waals surface area (Å²) in [7, 11) is 0. The van der Waals surface area contributed by atoms with E-state index in [1.54, 1.807) is 0 Å². The molecule has 0 amide bonds. The van der Waals surface area contributed by atoms with Crippen molar-refractivity contribution in [1.29, 1.82) is 0 Å². The topological polar surface area (TPSA) is 22.3 Å². The molecule has 2 unspecified atom stereocenters. The van der Waals surface area contributed by atoms with Crippen LogP contribution in [0.15, 0.2) is 72.9 Å². The molecular weight excluding hydrogens is 490 g/mol. The first kappa shape index (κ1) is 26.9. The van der Waals surface area contributed by atoms with Crippen LogP contribution in [0.3, 0.4) is 0 Å². The summed E-state index contributed by atoms with van der Waals surface area (Å²) in [5.41, 5.74) is 10.3. The molecule has 4 aromatic rings. The molecule has 0 N–H and O–H groups in total. The second-order valence-electron chi connectivity index (χ2n) is 13.2. The molecule has 0 saturated heterocycles. The average Bonchev–Trinajstić information content (AvgIpc) is 3.14. The van der Waals surface area contributed by atoms with Gasteiger partial charge in [-0.3, -0.25) is 0 Å². The Morgan fingerprint density at radius 1 is 0.850 bits per heavy atom. The normalized spacial score (nSPS) is 21.3. The molecule has 1 aromatic heterocycles. The van der Waals surface area contributed by atoms with E-state index in [1.807, 2.05) is 0 Å². The molecule has 0 fully saturated rings. The minimum Gasteiger partial charge on any atom is -0.374 e. The van der Waals surface area contributed by atoms with Crippen molar-refractivity contribution in [2.75, 3.05) is 6.61 Å². The van der Waals surface area contributed by atoms with Gasteiger partial charge >= 0.3 is 0 Å². The second kappa shape index (κ2) is 9.98. The molecule has 0 saturated carbocycles. The average molecular weight is 533 g/mol. The van der Waals surface area contributed by atoms with Crippen LogP contribution in [0.5, 0.6) is 0 Å². The highest BCUT2D eigenvalue weighted by Crippen LogP contribution is 2.52. The lowest BCUT2D eigenvalue weighted by Crippen LogP contribution is -2.39. The first-order chi connectivity index (χ1) is 19.0. The molecule has 1 aliphatic carbocycles. The van der Waals surface area contributed by atoms with Crippen LogP contribution in [0.2, 0.25) is 0 Å². The van der Waals surface area contributed by atoms with Crippen LogP contribution in [0.25, 0.3) is 39.2 Å². The molecule has 3 heteroatoms. The lowest BCUT2D eigenvalue weighted by atomic mass is 9.79. The van der Waals surface area contributed by atoms with E-state index in [1.165, 1.54) is 55.4 Å². The summed E-state index contributed by atoms with van der Waals surface area (Å²) in [5.74, 6) is 0. The van der Waals surface area contributed by atoms with Gasteiger partial charge in [-0.2, -0.15) is 4.57 Å². The van der Waals surface area contributed by atoms with E-state index in [9.17, 15) is 0 Å². The van der Waals surface area contributed by atoms with Gasteiger partial charge in [0.25, 0.3) is 6.73 Å². The summed E-state index contributed by atoms with van der Waals surface area (Å²) in [4.78, 5) is 0. The molecule has 0 bridgehead atoms. The Kier molecular flexibility index (Phi) is 6.71. The van der Waals surface area contributed by atoms with Crippen molar-refractivity contribution in [2.45, 2.75) is 84.7 Å². The zero-order chi connectivity index (χ0) is 28.2. The number of aromatic nitrogens is 1. The lowest BCUT2D eigenvalue weighted by molar-refractivity contribution is -0.725. The van der Waals surface area contributed by atoms with Crippen molar-refractivity contribution in [3.63, 3.8) is 0 Å². The molecule has 0 spiro atoms. The van der Waals surface area contributed by atoms with Crippen LogP contribution in [0.4, 0.5) is 0 Å². The van der Waals surface area contributed by atoms with Gasteiger partial charge in [0.1, 0.15) is 0 Å². The maximum Gasteiger partial charge on any atom is 0.253 e. The highest BCUT2D eigenvalue weighted by molar-refractivity contribution is 5.98. The van der Waals surface area contributed by atoms with Gasteiger partial charge in [-0.15, -0.1) is 0 Å². The fraction of sp³-hybridized carbons (Fsp3) is 0.378. The van der Waals surface area contributed by atoms with Crippen molar-refractivity contribution in [1.82, 2.24) is 0 Å². The number of nitrogens with zero attached hydrogens (tertiary/aromatic N) is 1. The SMILES string of the molecule is CC1CC(C)OC[n+]2ccc(C(C)(C)C)cc2-c2cc3c(cc2/C=C/CO1)-c1ccc2ccccc2c1C3(C)C. The molecule has 40 heavy (non-hydrogen) atoms. The smallest absolute Gasteiger partial charge is 0.253 e. The summed E-state index contributed by atoms with van der Waals surface area (Å²) in [6.07, 6.45) is 7.73. The molecule has 0 radical (unpaired) electrons. The van der Waals surface area contributed by atoms with Gasteiger partial charge in [-0.25, -0.2) is 0 Å². The Hall–Kier alpha value is -3.27. The van der Waals surface area contributed by atoms with Crippen molar-refractivity contribution in [3.05, 3.63) is 95.2 Å². The third-order valence-corrected chi connectivity index (χ3v) is 8.82. The zero-order valence-corrected chi connectivity index (χ0v) is 25.0. The second-order valence-corrected chi connectivity index (χ2v) is 13.2. The third-order valence-electron chi connectivity index (χ3n) is 8.82. The van der Waals surface area contributed by atoms with Gasteiger partial charge in [-0.1, -0.05) is 83.2 Å². The largest absolute Gasteiger partial charge is 0.374 e. The maximum absolute atomic E-state index is 6.39. The predicted molar refractivity (Wildman–Crippen MR) is 165 cm³/mol. The number of hydrogen-bond donors (Lipinski definition) is 0. The van der Waals surface area contributed by atoms with Gasteiger partial charge in [0.2, 0.25) is 5.69 Å². The van der Waals surface area contributed by atoms with E-state index in [0.29, 0.717) is 13.3 Å². The molecule has 2 aliphatic rings. The molecule has 206 valence electrons. The van der Waals surface area contributed by atoms with Crippen LogP contribution in [0.1, 0.15) is 77.1 Å². The lowest BCUT2D eigenvalue weighted by Gasteiger charge is -2.24. The van der Waals surface area contributed by atoms with Crippen LogP contribution < -0.4 is 4.57 Å². The van der Waals surface area contributed by atoms with Crippen LogP contribution in [0, 0.1) is 0 Å². The molecule has 2 atom stereocenters. The van der Waals surface area contributed by atoms with E-state index in [-0.39, 0.29) is 23.0 Å². The molecule has 6 rings (SSSR count). The highest BCUT2D eigenvalue weighted by Gasteiger charge is 2.38. The number of benzene rings is 3. The van der Waals surface area contributed by atoms with E-state index < -0.39 is 0 Å². The Balaban J connectivity index is 1.61. The fourth-order valence-electron chi connectivity index (χ4n) is 6.57. The Bertz CT molecular complexity index is 1620. The first-order valence-corrected chi connectivity index (χ1v) is 14.7. The number of rotatable bonds is 0. The molecule has 2 heterocycles. The van der Waals surface area contributed by atoms with Gasteiger partial charge in [0.15, 0.2) is 6.20 Å². The molecule has 1 aliphatic heterocycles. The van der Waals surface area contributed by atoms with Gasteiger partial charge in [0.05, 0.1) is 24.4 Å².